The molecule has 2 aromatic rings. The quantitative estimate of drug-likeness (QED) is 0.205. The van der Waals surface area contributed by atoms with E-state index in [1.54, 1.807) is 19.1 Å². The van der Waals surface area contributed by atoms with Crippen LogP contribution in [0.4, 0.5) is 5.69 Å². The monoisotopic (exact) mass is 473 g/mol. The van der Waals surface area contributed by atoms with E-state index in [4.69, 9.17) is 16.3 Å². The van der Waals surface area contributed by atoms with Crippen LogP contribution in [0.5, 0.6) is 5.75 Å². The third-order valence-corrected chi connectivity index (χ3v) is 5.53. The molecule has 0 aromatic heterocycles. The lowest BCUT2D eigenvalue weighted by atomic mass is 9.95. The molecule has 0 saturated carbocycles. The lowest BCUT2D eigenvalue weighted by molar-refractivity contribution is -0.384. The molecule has 3 rings (SSSR count). The van der Waals surface area contributed by atoms with Crippen molar-refractivity contribution in [3.8, 4) is 5.75 Å². The number of ether oxygens (including phenoxy) is 1. The Morgan fingerprint density at radius 3 is 2.58 bits per heavy atom. The summed E-state index contributed by atoms with van der Waals surface area (Å²) < 4.78 is 5.41. The molecule has 0 aliphatic carbocycles. The Kier molecular flexibility index (Phi) is 7.35. The average Bonchev–Trinajstić information content (AvgIpc) is 3.03. The van der Waals surface area contributed by atoms with Gasteiger partial charge in [0, 0.05) is 30.8 Å². The molecule has 1 aliphatic heterocycles. The Morgan fingerprint density at radius 1 is 1.24 bits per heavy atom. The summed E-state index contributed by atoms with van der Waals surface area (Å²) in [5.74, 6) is -1.65. The van der Waals surface area contributed by atoms with Gasteiger partial charge in [-0.05, 0) is 44.8 Å². The van der Waals surface area contributed by atoms with Gasteiger partial charge in [0.2, 0.25) is 0 Å². The van der Waals surface area contributed by atoms with Gasteiger partial charge in [-0.15, -0.1) is 0 Å². The number of benzene rings is 2. The van der Waals surface area contributed by atoms with E-state index in [1.165, 1.54) is 35.2 Å². The van der Waals surface area contributed by atoms with Crippen LogP contribution in [0, 0.1) is 10.1 Å². The molecular formula is C23H24ClN3O6. The number of amides is 1. The minimum Gasteiger partial charge on any atom is -0.507 e. The van der Waals surface area contributed by atoms with Crippen LogP contribution < -0.4 is 4.74 Å². The molecule has 0 spiro atoms. The number of Topliss-reactive ketones (excluding diaryl/α,β-unsaturated/α-hetero) is 1. The number of carbonyl (C=O) groups is 2. The largest absolute Gasteiger partial charge is 0.507 e. The van der Waals surface area contributed by atoms with Crippen molar-refractivity contribution < 1.29 is 24.4 Å². The molecule has 1 atom stereocenters. The summed E-state index contributed by atoms with van der Waals surface area (Å²) in [6.45, 7) is 2.84. The van der Waals surface area contributed by atoms with Crippen molar-refractivity contribution in [3.63, 3.8) is 0 Å². The third kappa shape index (κ3) is 4.99. The molecule has 0 bridgehead atoms. The van der Waals surface area contributed by atoms with Crippen LogP contribution in [0.15, 0.2) is 48.0 Å². The Morgan fingerprint density at radius 2 is 1.97 bits per heavy atom. The van der Waals surface area contributed by atoms with E-state index in [0.717, 1.165) is 0 Å². The zero-order valence-electron chi connectivity index (χ0n) is 18.4. The molecule has 10 heteroatoms. The maximum atomic E-state index is 13.0. The van der Waals surface area contributed by atoms with E-state index in [-0.39, 0.29) is 28.4 Å². The topological polar surface area (TPSA) is 113 Å². The highest BCUT2D eigenvalue weighted by atomic mass is 35.5. The van der Waals surface area contributed by atoms with Gasteiger partial charge in [0.1, 0.15) is 11.5 Å². The first-order valence-electron chi connectivity index (χ1n) is 10.3. The highest BCUT2D eigenvalue weighted by molar-refractivity contribution is 6.46. The Hall–Kier alpha value is -3.43. The zero-order chi connectivity index (χ0) is 24.3. The predicted octanol–water partition coefficient (Wildman–Crippen LogP) is 3.63. The van der Waals surface area contributed by atoms with Gasteiger partial charge in [0.25, 0.3) is 17.4 Å². The van der Waals surface area contributed by atoms with Crippen molar-refractivity contribution in [2.45, 2.75) is 13.0 Å². The number of halogens is 1. The van der Waals surface area contributed by atoms with Crippen LogP contribution in [-0.2, 0) is 9.59 Å². The fourth-order valence-electron chi connectivity index (χ4n) is 3.65. The molecule has 1 saturated heterocycles. The zero-order valence-corrected chi connectivity index (χ0v) is 19.2. The van der Waals surface area contributed by atoms with Crippen LogP contribution in [0.1, 0.15) is 24.1 Å². The smallest absolute Gasteiger partial charge is 0.295 e. The van der Waals surface area contributed by atoms with Gasteiger partial charge in [0.05, 0.1) is 28.2 Å². The highest BCUT2D eigenvalue weighted by Gasteiger charge is 2.46. The predicted molar refractivity (Wildman–Crippen MR) is 123 cm³/mol. The number of nitrogens with zero attached hydrogens (tertiary/aromatic N) is 3. The van der Waals surface area contributed by atoms with E-state index < -0.39 is 28.4 Å². The van der Waals surface area contributed by atoms with Crippen molar-refractivity contribution in [2.75, 3.05) is 33.8 Å². The van der Waals surface area contributed by atoms with Gasteiger partial charge in [-0.25, -0.2) is 0 Å². The molecule has 174 valence electrons. The number of aliphatic hydroxyl groups is 1. The molecule has 9 nitrogen and oxygen atoms in total. The molecule has 1 N–H and O–H groups in total. The Labute approximate surface area is 196 Å². The van der Waals surface area contributed by atoms with Gasteiger partial charge in [-0.3, -0.25) is 19.7 Å². The summed E-state index contributed by atoms with van der Waals surface area (Å²) in [7, 11) is 3.64. The second-order valence-corrected chi connectivity index (χ2v) is 8.13. The minimum absolute atomic E-state index is 0.153. The van der Waals surface area contributed by atoms with E-state index in [1.807, 2.05) is 19.0 Å². The number of ketones is 1. The van der Waals surface area contributed by atoms with Gasteiger partial charge in [0.15, 0.2) is 0 Å². The average molecular weight is 474 g/mol. The number of hydrogen-bond donors (Lipinski definition) is 1. The first-order chi connectivity index (χ1) is 15.6. The van der Waals surface area contributed by atoms with Crippen molar-refractivity contribution in [1.82, 2.24) is 9.80 Å². The van der Waals surface area contributed by atoms with Gasteiger partial charge in [-0.2, -0.15) is 0 Å². The van der Waals surface area contributed by atoms with E-state index >= 15 is 0 Å². The van der Waals surface area contributed by atoms with Crippen LogP contribution in [0.2, 0.25) is 5.02 Å². The molecular weight excluding hydrogens is 450 g/mol. The first kappa shape index (κ1) is 24.2. The molecule has 2 aromatic carbocycles. The van der Waals surface area contributed by atoms with Crippen LogP contribution in [0.3, 0.4) is 0 Å². The van der Waals surface area contributed by atoms with E-state index in [2.05, 4.69) is 0 Å². The summed E-state index contributed by atoms with van der Waals surface area (Å²) in [5, 5.41) is 22.6. The van der Waals surface area contributed by atoms with Crippen LogP contribution in [-0.4, -0.2) is 65.3 Å². The standard InChI is InChI=1S/C23H24ClN3O6/c1-4-33-18-9-8-15(13-17(18)24)21(28)19-20(14-6-5-7-16(12-14)27(31)32)26(11-10-25(2)3)23(30)22(19)29/h5-9,12-13,20,28H,4,10-11H2,1-3H3/b21-19+/t20-/m0/s1. The first-order valence-corrected chi connectivity index (χ1v) is 10.6. The van der Waals surface area contributed by atoms with Gasteiger partial charge < -0.3 is 19.6 Å². The maximum Gasteiger partial charge on any atom is 0.295 e. The van der Waals surface area contributed by atoms with Crippen LogP contribution >= 0.6 is 11.6 Å². The van der Waals surface area contributed by atoms with Crippen molar-refractivity contribution in [3.05, 3.63) is 74.3 Å². The number of aliphatic hydroxyl groups excluding tert-OH is 1. The van der Waals surface area contributed by atoms with Gasteiger partial charge >= 0.3 is 0 Å². The van der Waals surface area contributed by atoms with Crippen LogP contribution in [0.25, 0.3) is 5.76 Å². The number of likely N-dealkylation sites (tertiary alicyclic amines) is 1. The Bertz CT molecular complexity index is 1130. The SMILES string of the molecule is CCOc1ccc(/C(O)=C2\C(=O)C(=O)N(CCN(C)C)[C@H]2c2cccc([N+](=O)[O-])c2)cc1Cl. The summed E-state index contributed by atoms with van der Waals surface area (Å²) in [6.07, 6.45) is 0. The lowest BCUT2D eigenvalue weighted by Gasteiger charge is -2.26. The number of carbonyl (C=O) groups excluding carboxylic acids is 2. The molecule has 1 aliphatic rings. The number of rotatable bonds is 8. The normalized spacial score (nSPS) is 17.6. The molecule has 33 heavy (non-hydrogen) atoms. The molecule has 1 heterocycles. The molecule has 0 radical (unpaired) electrons. The number of non-ortho nitro benzene ring substituents is 1. The molecule has 1 fully saturated rings. The number of nitro groups is 1. The summed E-state index contributed by atoms with van der Waals surface area (Å²) in [6, 6.07) is 9.24. The highest BCUT2D eigenvalue weighted by Crippen LogP contribution is 2.40. The summed E-state index contributed by atoms with van der Waals surface area (Å²) >= 11 is 6.24. The number of nitro benzene ring substituents is 1. The van der Waals surface area contributed by atoms with Crippen molar-refractivity contribution >= 4 is 34.7 Å². The summed E-state index contributed by atoms with van der Waals surface area (Å²) in [5.41, 5.74) is 0.236. The summed E-state index contributed by atoms with van der Waals surface area (Å²) in [4.78, 5) is 39.9. The third-order valence-electron chi connectivity index (χ3n) is 5.23. The van der Waals surface area contributed by atoms with E-state index in [0.29, 0.717) is 24.5 Å². The number of hydrogen-bond acceptors (Lipinski definition) is 7. The van der Waals surface area contributed by atoms with Crippen molar-refractivity contribution in [1.29, 1.82) is 0 Å². The molecule has 0 unspecified atom stereocenters. The molecule has 1 amide bonds. The second-order valence-electron chi connectivity index (χ2n) is 7.73. The fourth-order valence-corrected chi connectivity index (χ4v) is 3.88. The maximum absolute atomic E-state index is 13.0. The lowest BCUT2D eigenvalue weighted by Crippen LogP contribution is -2.35. The fraction of sp³-hybridized carbons (Fsp3) is 0.304. The van der Waals surface area contributed by atoms with E-state index in [9.17, 15) is 24.8 Å². The second kappa shape index (κ2) is 10.0. The van der Waals surface area contributed by atoms with Gasteiger partial charge in [-0.1, -0.05) is 23.7 Å². The Balaban J connectivity index is 2.17. The van der Waals surface area contributed by atoms with Crippen molar-refractivity contribution in [2.24, 2.45) is 0 Å². The minimum atomic E-state index is -0.991. The number of likely N-dealkylation sites (N-methyl/N-ethyl adjacent to an activating group) is 1.